The Balaban J connectivity index is 1.84. The van der Waals surface area contributed by atoms with E-state index >= 15 is 0 Å². The van der Waals surface area contributed by atoms with Crippen LogP contribution in [0.25, 0.3) is 0 Å². The lowest BCUT2D eigenvalue weighted by molar-refractivity contribution is -0.0311. The monoisotopic (exact) mass is 240 g/mol. The maximum atomic E-state index is 6.19. The van der Waals surface area contributed by atoms with Crippen LogP contribution in [0.2, 0.25) is 0 Å². The summed E-state index contributed by atoms with van der Waals surface area (Å²) >= 11 is 1.74. The molecule has 16 heavy (non-hydrogen) atoms. The molecule has 1 saturated heterocycles. The van der Waals surface area contributed by atoms with Gasteiger partial charge in [0.25, 0.3) is 0 Å². The highest BCUT2D eigenvalue weighted by Gasteiger charge is 2.21. The Morgan fingerprint density at radius 2 is 2.56 bits per heavy atom. The molecule has 2 rings (SSSR count). The van der Waals surface area contributed by atoms with Crippen LogP contribution in [0.1, 0.15) is 24.3 Å². The van der Waals surface area contributed by atoms with Gasteiger partial charge in [0.1, 0.15) is 0 Å². The maximum absolute atomic E-state index is 6.19. The molecule has 2 heterocycles. The van der Waals surface area contributed by atoms with E-state index in [0.29, 0.717) is 6.10 Å². The summed E-state index contributed by atoms with van der Waals surface area (Å²) < 4.78 is 5.65. The minimum atomic E-state index is 0.149. The van der Waals surface area contributed by atoms with E-state index in [1.54, 1.807) is 11.3 Å². The van der Waals surface area contributed by atoms with Crippen molar-refractivity contribution in [2.24, 2.45) is 5.73 Å². The summed E-state index contributed by atoms with van der Waals surface area (Å²) in [4.78, 5) is 3.70. The summed E-state index contributed by atoms with van der Waals surface area (Å²) in [6.45, 7) is 5.99. The Morgan fingerprint density at radius 3 is 3.25 bits per heavy atom. The van der Waals surface area contributed by atoms with E-state index in [4.69, 9.17) is 10.5 Å². The third-order valence-electron chi connectivity index (χ3n) is 3.04. The number of ether oxygens (including phenoxy) is 1. The van der Waals surface area contributed by atoms with Crippen molar-refractivity contribution in [2.75, 3.05) is 26.2 Å². The molecule has 0 saturated carbocycles. The molecule has 0 aliphatic carbocycles. The van der Waals surface area contributed by atoms with Gasteiger partial charge in [0.15, 0.2) is 0 Å². The van der Waals surface area contributed by atoms with E-state index in [9.17, 15) is 0 Å². The molecule has 3 nitrogen and oxygen atoms in total. The highest BCUT2D eigenvalue weighted by molar-refractivity contribution is 7.10. The Hall–Kier alpha value is -0.420. The second-order valence-corrected chi connectivity index (χ2v) is 5.26. The molecule has 2 atom stereocenters. The predicted octanol–water partition coefficient (Wildman–Crippen LogP) is 1.86. The molecule has 1 aromatic rings. The van der Waals surface area contributed by atoms with Crippen molar-refractivity contribution < 1.29 is 4.74 Å². The molecule has 1 aliphatic rings. The molecule has 0 amide bonds. The van der Waals surface area contributed by atoms with Crippen molar-refractivity contribution in [3.63, 3.8) is 0 Å². The summed E-state index contributed by atoms with van der Waals surface area (Å²) in [5.74, 6) is 0. The quantitative estimate of drug-likeness (QED) is 0.873. The molecule has 1 aliphatic heterocycles. The topological polar surface area (TPSA) is 38.5 Å². The first-order valence-electron chi connectivity index (χ1n) is 5.92. The van der Waals surface area contributed by atoms with Gasteiger partial charge in [-0.05, 0) is 17.9 Å². The zero-order chi connectivity index (χ0) is 11.4. The van der Waals surface area contributed by atoms with Crippen molar-refractivity contribution in [1.82, 2.24) is 4.90 Å². The average molecular weight is 240 g/mol. The SMILES string of the molecule is CCC1CN(CC(N)c2cccs2)CCO1. The van der Waals surface area contributed by atoms with Crippen molar-refractivity contribution in [3.05, 3.63) is 22.4 Å². The molecule has 1 aromatic heterocycles. The van der Waals surface area contributed by atoms with E-state index in [2.05, 4.69) is 29.3 Å². The summed E-state index contributed by atoms with van der Waals surface area (Å²) in [7, 11) is 0. The van der Waals surface area contributed by atoms with Crippen LogP contribution >= 0.6 is 11.3 Å². The molecule has 90 valence electrons. The van der Waals surface area contributed by atoms with Gasteiger partial charge in [0.05, 0.1) is 18.8 Å². The smallest absolute Gasteiger partial charge is 0.0700 e. The van der Waals surface area contributed by atoms with E-state index in [1.807, 2.05) is 0 Å². The van der Waals surface area contributed by atoms with Crippen LogP contribution in [-0.4, -0.2) is 37.2 Å². The minimum Gasteiger partial charge on any atom is -0.376 e. The number of hydrogen-bond donors (Lipinski definition) is 1. The summed E-state index contributed by atoms with van der Waals surface area (Å²) in [6, 6.07) is 4.33. The second-order valence-electron chi connectivity index (χ2n) is 4.28. The first kappa shape index (κ1) is 12.0. The molecule has 1 fully saturated rings. The number of nitrogens with zero attached hydrogens (tertiary/aromatic N) is 1. The van der Waals surface area contributed by atoms with Crippen LogP contribution < -0.4 is 5.73 Å². The fourth-order valence-corrected chi connectivity index (χ4v) is 2.78. The summed E-state index contributed by atoms with van der Waals surface area (Å²) in [5.41, 5.74) is 6.19. The lowest BCUT2D eigenvalue weighted by atomic mass is 10.2. The van der Waals surface area contributed by atoms with E-state index < -0.39 is 0 Å². The predicted molar refractivity (Wildman–Crippen MR) is 67.7 cm³/mol. The summed E-state index contributed by atoms with van der Waals surface area (Å²) in [6.07, 6.45) is 1.48. The van der Waals surface area contributed by atoms with Gasteiger partial charge >= 0.3 is 0 Å². The number of hydrogen-bond acceptors (Lipinski definition) is 4. The van der Waals surface area contributed by atoms with Crippen molar-refractivity contribution >= 4 is 11.3 Å². The number of morpholine rings is 1. The lowest BCUT2D eigenvalue weighted by Gasteiger charge is -2.33. The van der Waals surface area contributed by atoms with Crippen molar-refractivity contribution in [3.8, 4) is 0 Å². The number of rotatable bonds is 4. The third kappa shape index (κ3) is 3.04. The lowest BCUT2D eigenvalue weighted by Crippen LogP contribution is -2.44. The molecule has 2 unspecified atom stereocenters. The molecule has 0 spiro atoms. The first-order chi connectivity index (χ1) is 7.79. The number of thiophene rings is 1. The minimum absolute atomic E-state index is 0.149. The average Bonchev–Trinajstić information content (AvgIpc) is 2.83. The normalized spacial score (nSPS) is 24.5. The zero-order valence-corrected chi connectivity index (χ0v) is 10.6. The molecule has 4 heteroatoms. The van der Waals surface area contributed by atoms with Crippen molar-refractivity contribution in [2.45, 2.75) is 25.5 Å². The van der Waals surface area contributed by atoms with Gasteiger partial charge in [-0.1, -0.05) is 13.0 Å². The van der Waals surface area contributed by atoms with Crippen LogP contribution in [0.3, 0.4) is 0 Å². The molecule has 2 N–H and O–H groups in total. The highest BCUT2D eigenvalue weighted by Crippen LogP contribution is 2.19. The fourth-order valence-electron chi connectivity index (χ4n) is 2.06. The van der Waals surface area contributed by atoms with Crippen LogP contribution in [0, 0.1) is 0 Å². The van der Waals surface area contributed by atoms with Gasteiger partial charge in [-0.15, -0.1) is 11.3 Å². The van der Waals surface area contributed by atoms with Gasteiger partial charge < -0.3 is 10.5 Å². The summed E-state index contributed by atoms with van der Waals surface area (Å²) in [5, 5.41) is 2.09. The van der Waals surface area contributed by atoms with Gasteiger partial charge in [-0.2, -0.15) is 0 Å². The largest absolute Gasteiger partial charge is 0.376 e. The van der Waals surface area contributed by atoms with Crippen LogP contribution in [0.5, 0.6) is 0 Å². The van der Waals surface area contributed by atoms with Gasteiger partial charge in [0, 0.05) is 24.5 Å². The number of nitrogens with two attached hydrogens (primary N) is 1. The standard InChI is InChI=1S/C12H20N2OS/c1-2-10-8-14(5-6-15-10)9-11(13)12-4-3-7-16-12/h3-4,7,10-11H,2,5-6,8-9,13H2,1H3. The van der Waals surface area contributed by atoms with Crippen LogP contribution in [0.4, 0.5) is 0 Å². The second kappa shape index (κ2) is 5.77. The Morgan fingerprint density at radius 1 is 1.69 bits per heavy atom. The highest BCUT2D eigenvalue weighted by atomic mass is 32.1. The van der Waals surface area contributed by atoms with Crippen LogP contribution in [-0.2, 0) is 4.74 Å². The van der Waals surface area contributed by atoms with E-state index in [0.717, 1.165) is 32.7 Å². The van der Waals surface area contributed by atoms with Gasteiger partial charge in [-0.3, -0.25) is 4.90 Å². The molecular weight excluding hydrogens is 220 g/mol. The molecule has 0 bridgehead atoms. The van der Waals surface area contributed by atoms with E-state index in [-0.39, 0.29) is 6.04 Å². The van der Waals surface area contributed by atoms with Crippen molar-refractivity contribution in [1.29, 1.82) is 0 Å². The fraction of sp³-hybridized carbons (Fsp3) is 0.667. The first-order valence-corrected chi connectivity index (χ1v) is 6.80. The van der Waals surface area contributed by atoms with Crippen LogP contribution in [0.15, 0.2) is 17.5 Å². The zero-order valence-electron chi connectivity index (χ0n) is 9.76. The van der Waals surface area contributed by atoms with Gasteiger partial charge in [-0.25, -0.2) is 0 Å². The Bertz CT molecular complexity index is 302. The Labute approximate surface area is 101 Å². The molecule has 0 aromatic carbocycles. The van der Waals surface area contributed by atoms with Gasteiger partial charge in [0.2, 0.25) is 0 Å². The molecule has 0 radical (unpaired) electrons. The molecular formula is C12H20N2OS. The Kier molecular flexibility index (Phi) is 4.35. The maximum Gasteiger partial charge on any atom is 0.0700 e. The third-order valence-corrected chi connectivity index (χ3v) is 4.05. The van der Waals surface area contributed by atoms with E-state index in [1.165, 1.54) is 4.88 Å².